The van der Waals surface area contributed by atoms with Crippen molar-refractivity contribution >= 4 is 21.9 Å². The third-order valence-electron chi connectivity index (χ3n) is 2.05. The van der Waals surface area contributed by atoms with E-state index in [-0.39, 0.29) is 17.3 Å². The Balaban J connectivity index is 2.71. The Morgan fingerprint density at radius 1 is 1.47 bits per heavy atom. The minimum Gasteiger partial charge on any atom is -0.485 e. The van der Waals surface area contributed by atoms with Crippen LogP contribution in [-0.2, 0) is 4.79 Å². The summed E-state index contributed by atoms with van der Waals surface area (Å²) < 4.78 is 32.0. The summed E-state index contributed by atoms with van der Waals surface area (Å²) in [4.78, 5) is 10.3. The molecule has 0 bridgehead atoms. The maximum Gasteiger partial charge on any atom is 0.303 e. The molecule has 0 radical (unpaired) electrons. The number of aliphatic carboxylic acids is 1. The number of benzene rings is 1. The SMILES string of the molecule is C[C@H](CCC(=O)O)Oc1c(F)cc(Br)cc1F. The molecule has 0 aromatic heterocycles. The van der Waals surface area contributed by atoms with Crippen molar-refractivity contribution in [1.82, 2.24) is 0 Å². The Morgan fingerprint density at radius 2 is 2.00 bits per heavy atom. The normalized spacial score (nSPS) is 12.2. The zero-order valence-corrected chi connectivity index (χ0v) is 10.6. The summed E-state index contributed by atoms with van der Waals surface area (Å²) in [5.74, 6) is -3.10. The maximum atomic E-state index is 13.4. The van der Waals surface area contributed by atoms with Gasteiger partial charge in [0.25, 0.3) is 0 Å². The molecule has 0 amide bonds. The third kappa shape index (κ3) is 4.30. The molecule has 0 fully saturated rings. The van der Waals surface area contributed by atoms with Gasteiger partial charge in [-0.25, -0.2) is 8.78 Å². The Labute approximate surface area is 106 Å². The molecule has 0 spiro atoms. The lowest BCUT2D eigenvalue weighted by molar-refractivity contribution is -0.137. The Morgan fingerprint density at radius 3 is 2.47 bits per heavy atom. The van der Waals surface area contributed by atoms with E-state index in [0.29, 0.717) is 0 Å². The van der Waals surface area contributed by atoms with Crippen LogP contribution in [0.25, 0.3) is 0 Å². The van der Waals surface area contributed by atoms with Gasteiger partial charge in [0.2, 0.25) is 0 Å². The number of ether oxygens (including phenoxy) is 1. The highest BCUT2D eigenvalue weighted by atomic mass is 79.9. The fourth-order valence-corrected chi connectivity index (χ4v) is 1.63. The van der Waals surface area contributed by atoms with Crippen molar-refractivity contribution in [2.24, 2.45) is 0 Å². The smallest absolute Gasteiger partial charge is 0.303 e. The summed E-state index contributed by atoms with van der Waals surface area (Å²) in [5, 5.41) is 8.46. The summed E-state index contributed by atoms with van der Waals surface area (Å²) in [5.41, 5.74) is 0. The van der Waals surface area contributed by atoms with Gasteiger partial charge in [-0.2, -0.15) is 0 Å². The minimum atomic E-state index is -0.975. The van der Waals surface area contributed by atoms with E-state index in [1.54, 1.807) is 6.92 Å². The number of carboxylic acids is 1. The maximum absolute atomic E-state index is 13.4. The molecule has 1 N–H and O–H groups in total. The van der Waals surface area contributed by atoms with Crippen LogP contribution in [0.3, 0.4) is 0 Å². The van der Waals surface area contributed by atoms with Crippen molar-refractivity contribution in [2.75, 3.05) is 0 Å². The number of halogens is 3. The average molecular weight is 309 g/mol. The molecule has 1 atom stereocenters. The van der Waals surface area contributed by atoms with Crippen molar-refractivity contribution in [2.45, 2.75) is 25.9 Å². The molecule has 0 unspecified atom stereocenters. The fourth-order valence-electron chi connectivity index (χ4n) is 1.23. The van der Waals surface area contributed by atoms with E-state index in [1.165, 1.54) is 0 Å². The number of hydrogen-bond acceptors (Lipinski definition) is 2. The van der Waals surface area contributed by atoms with Gasteiger partial charge < -0.3 is 9.84 Å². The van der Waals surface area contributed by atoms with Crippen molar-refractivity contribution in [3.8, 4) is 5.75 Å². The summed E-state index contributed by atoms with van der Waals surface area (Å²) in [6.45, 7) is 1.56. The average Bonchev–Trinajstić information content (AvgIpc) is 2.20. The molecule has 1 aromatic rings. The molecule has 1 rings (SSSR count). The minimum absolute atomic E-state index is 0.110. The first-order valence-electron chi connectivity index (χ1n) is 4.93. The second kappa shape index (κ2) is 5.95. The lowest BCUT2D eigenvalue weighted by atomic mass is 10.2. The van der Waals surface area contributed by atoms with Crippen molar-refractivity contribution in [1.29, 1.82) is 0 Å². The Kier molecular flexibility index (Phi) is 4.86. The van der Waals surface area contributed by atoms with Crippen LogP contribution >= 0.6 is 15.9 Å². The largest absolute Gasteiger partial charge is 0.485 e. The molecule has 0 saturated carbocycles. The monoisotopic (exact) mass is 308 g/mol. The number of hydrogen-bond donors (Lipinski definition) is 1. The van der Waals surface area contributed by atoms with E-state index in [4.69, 9.17) is 9.84 Å². The van der Waals surface area contributed by atoms with Gasteiger partial charge in [0.15, 0.2) is 17.4 Å². The van der Waals surface area contributed by atoms with Crippen LogP contribution in [0, 0.1) is 11.6 Å². The van der Waals surface area contributed by atoms with Crippen LogP contribution in [0.4, 0.5) is 8.78 Å². The molecular weight excluding hydrogens is 298 g/mol. The zero-order chi connectivity index (χ0) is 13.0. The van der Waals surface area contributed by atoms with Gasteiger partial charge in [-0.05, 0) is 25.5 Å². The molecule has 0 aliphatic rings. The quantitative estimate of drug-likeness (QED) is 0.907. The second-order valence-electron chi connectivity index (χ2n) is 3.56. The Hall–Kier alpha value is -1.17. The first-order valence-corrected chi connectivity index (χ1v) is 5.72. The molecular formula is C11H11BrF2O3. The van der Waals surface area contributed by atoms with Crippen LogP contribution in [0.15, 0.2) is 16.6 Å². The molecule has 17 heavy (non-hydrogen) atoms. The summed E-state index contributed by atoms with van der Waals surface area (Å²) in [6, 6.07) is 2.17. The highest BCUT2D eigenvalue weighted by Crippen LogP contribution is 2.27. The van der Waals surface area contributed by atoms with Gasteiger partial charge in [-0.3, -0.25) is 4.79 Å². The van der Waals surface area contributed by atoms with Crippen LogP contribution in [0.5, 0.6) is 5.75 Å². The lowest BCUT2D eigenvalue weighted by Crippen LogP contribution is -2.15. The zero-order valence-electron chi connectivity index (χ0n) is 9.04. The van der Waals surface area contributed by atoms with Gasteiger partial charge in [0, 0.05) is 10.9 Å². The summed E-state index contributed by atoms with van der Waals surface area (Å²) in [6.07, 6.45) is -0.498. The van der Waals surface area contributed by atoms with Gasteiger partial charge >= 0.3 is 5.97 Å². The molecule has 1 aromatic carbocycles. The predicted octanol–water partition coefficient (Wildman–Crippen LogP) is 3.36. The molecule has 3 nitrogen and oxygen atoms in total. The lowest BCUT2D eigenvalue weighted by Gasteiger charge is -2.15. The van der Waals surface area contributed by atoms with E-state index in [0.717, 1.165) is 12.1 Å². The molecule has 94 valence electrons. The fraction of sp³-hybridized carbons (Fsp3) is 0.364. The van der Waals surface area contributed by atoms with Gasteiger partial charge in [0.1, 0.15) is 0 Å². The molecule has 0 heterocycles. The second-order valence-corrected chi connectivity index (χ2v) is 4.48. The third-order valence-corrected chi connectivity index (χ3v) is 2.50. The highest BCUT2D eigenvalue weighted by molar-refractivity contribution is 9.10. The summed E-state index contributed by atoms with van der Waals surface area (Å²) >= 11 is 2.95. The van der Waals surface area contributed by atoms with Gasteiger partial charge in [0.05, 0.1) is 6.10 Å². The first kappa shape index (κ1) is 13.9. The molecule has 6 heteroatoms. The standard InChI is InChI=1S/C11H11BrF2O3/c1-6(2-3-10(15)16)17-11-8(13)4-7(12)5-9(11)14/h4-6H,2-3H2,1H3,(H,15,16)/t6-/m1/s1. The topological polar surface area (TPSA) is 46.5 Å². The first-order chi connectivity index (χ1) is 7.90. The van der Waals surface area contributed by atoms with E-state index >= 15 is 0 Å². The molecule has 0 saturated heterocycles. The number of rotatable bonds is 5. The molecule has 0 aliphatic carbocycles. The van der Waals surface area contributed by atoms with E-state index < -0.39 is 29.5 Å². The van der Waals surface area contributed by atoms with E-state index in [9.17, 15) is 13.6 Å². The van der Waals surface area contributed by atoms with Crippen molar-refractivity contribution < 1.29 is 23.4 Å². The van der Waals surface area contributed by atoms with Crippen molar-refractivity contribution in [3.05, 3.63) is 28.2 Å². The number of carbonyl (C=O) groups is 1. The van der Waals surface area contributed by atoms with Gasteiger partial charge in [-0.1, -0.05) is 15.9 Å². The molecule has 0 aliphatic heterocycles. The highest BCUT2D eigenvalue weighted by Gasteiger charge is 2.15. The van der Waals surface area contributed by atoms with E-state index in [1.807, 2.05) is 0 Å². The van der Waals surface area contributed by atoms with Crippen LogP contribution in [0.1, 0.15) is 19.8 Å². The van der Waals surface area contributed by atoms with E-state index in [2.05, 4.69) is 15.9 Å². The Bertz CT molecular complexity index is 400. The van der Waals surface area contributed by atoms with Gasteiger partial charge in [-0.15, -0.1) is 0 Å². The number of carboxylic acid groups (broad SMARTS) is 1. The van der Waals surface area contributed by atoms with Crippen LogP contribution in [0.2, 0.25) is 0 Å². The predicted molar refractivity (Wildman–Crippen MR) is 61.0 cm³/mol. The van der Waals surface area contributed by atoms with Crippen LogP contribution in [-0.4, -0.2) is 17.2 Å². The van der Waals surface area contributed by atoms with Crippen LogP contribution < -0.4 is 4.74 Å². The summed E-state index contributed by atoms with van der Waals surface area (Å²) in [7, 11) is 0. The van der Waals surface area contributed by atoms with Crippen molar-refractivity contribution in [3.63, 3.8) is 0 Å².